The average molecular weight is 485 g/mol. The molecule has 0 aliphatic heterocycles. The normalized spacial score (nSPS) is 18.0. The fraction of sp³-hybridized carbons (Fsp3) is 0.476. The van der Waals surface area contributed by atoms with Crippen LogP contribution in [-0.4, -0.2) is 59.9 Å². The van der Waals surface area contributed by atoms with Gasteiger partial charge in [0.2, 0.25) is 11.8 Å². The van der Waals surface area contributed by atoms with Gasteiger partial charge in [-0.05, 0) is 37.8 Å². The Morgan fingerprint density at radius 1 is 1.21 bits per heavy atom. The summed E-state index contributed by atoms with van der Waals surface area (Å²) in [5.74, 6) is 0.497. The molecule has 0 radical (unpaired) electrons. The number of urea groups is 1. The largest absolute Gasteiger partial charge is 0.573 e. The molecule has 34 heavy (non-hydrogen) atoms. The number of methoxy groups -OCH3 is 1. The highest BCUT2D eigenvalue weighted by molar-refractivity contribution is 5.91. The lowest BCUT2D eigenvalue weighted by Gasteiger charge is -2.29. The number of carbonyl (C=O) groups is 1. The molecule has 1 fully saturated rings. The van der Waals surface area contributed by atoms with Gasteiger partial charge in [0.15, 0.2) is 0 Å². The maximum absolute atomic E-state index is 12.5. The van der Waals surface area contributed by atoms with Gasteiger partial charge >= 0.3 is 12.4 Å². The van der Waals surface area contributed by atoms with Gasteiger partial charge in [-0.3, -0.25) is 0 Å². The number of amides is 2. The molecule has 0 bridgehead atoms. The van der Waals surface area contributed by atoms with Gasteiger partial charge in [0.05, 0.1) is 19.4 Å². The number of halogens is 3. The highest BCUT2D eigenvalue weighted by Crippen LogP contribution is 2.32. The number of anilines is 2. The van der Waals surface area contributed by atoms with Gasteiger partial charge in [-0.1, -0.05) is 0 Å². The molecule has 0 spiro atoms. The number of ether oxygens (including phenoxy) is 3. The van der Waals surface area contributed by atoms with E-state index in [-0.39, 0.29) is 30.2 Å². The first-order chi connectivity index (χ1) is 16.3. The first-order valence-electron chi connectivity index (χ1n) is 10.6. The van der Waals surface area contributed by atoms with Crippen molar-refractivity contribution in [1.82, 2.24) is 15.3 Å². The standard InChI is InChI=1S/C21H26F3N5O5/c1-32-17-7-6-15(34-21(22,23)24)12-16(17)28-20(31)27-13-2-4-14(5-3-13)33-18-8-9-25-19(29-18)26-10-11-30/h6-9,12-14,30H,2-5,10-11H2,1H3,(H,25,26,29)(H2,27,28,31). The maximum atomic E-state index is 12.5. The van der Waals surface area contributed by atoms with Crippen molar-refractivity contribution in [3.05, 3.63) is 30.5 Å². The number of aliphatic hydroxyl groups excluding tert-OH is 1. The fourth-order valence-corrected chi connectivity index (χ4v) is 3.48. The van der Waals surface area contributed by atoms with Crippen molar-refractivity contribution in [2.75, 3.05) is 30.9 Å². The van der Waals surface area contributed by atoms with E-state index in [1.807, 2.05) is 0 Å². The molecule has 186 valence electrons. The number of alkyl halides is 3. The van der Waals surface area contributed by atoms with Crippen LogP contribution in [0.3, 0.4) is 0 Å². The Morgan fingerprint density at radius 2 is 1.97 bits per heavy atom. The monoisotopic (exact) mass is 485 g/mol. The van der Waals surface area contributed by atoms with Crippen LogP contribution in [0.15, 0.2) is 30.5 Å². The van der Waals surface area contributed by atoms with E-state index in [0.717, 1.165) is 12.1 Å². The average Bonchev–Trinajstić information content (AvgIpc) is 2.78. The van der Waals surface area contributed by atoms with Gasteiger partial charge in [0.25, 0.3) is 0 Å². The first kappa shape index (κ1) is 25.1. The van der Waals surface area contributed by atoms with Gasteiger partial charge in [-0.15, -0.1) is 13.2 Å². The third kappa shape index (κ3) is 7.83. The van der Waals surface area contributed by atoms with E-state index < -0.39 is 18.1 Å². The van der Waals surface area contributed by atoms with E-state index in [9.17, 15) is 18.0 Å². The summed E-state index contributed by atoms with van der Waals surface area (Å²) >= 11 is 0. The molecular formula is C21H26F3N5O5. The van der Waals surface area contributed by atoms with Crippen LogP contribution in [0.4, 0.5) is 29.6 Å². The van der Waals surface area contributed by atoms with E-state index in [1.54, 1.807) is 12.3 Å². The molecule has 13 heteroatoms. The predicted octanol–water partition coefficient (Wildman–Crippen LogP) is 3.30. The summed E-state index contributed by atoms with van der Waals surface area (Å²) in [5, 5.41) is 17.1. The Balaban J connectivity index is 1.49. The Kier molecular flexibility index (Phi) is 8.57. The lowest BCUT2D eigenvalue weighted by atomic mass is 9.93. The van der Waals surface area contributed by atoms with Gasteiger partial charge < -0.3 is 35.3 Å². The fourth-order valence-electron chi connectivity index (χ4n) is 3.48. The summed E-state index contributed by atoms with van der Waals surface area (Å²) < 4.78 is 52.3. The summed E-state index contributed by atoms with van der Waals surface area (Å²) in [6.07, 6.45) is -0.738. The molecule has 4 N–H and O–H groups in total. The topological polar surface area (TPSA) is 127 Å². The van der Waals surface area contributed by atoms with Crippen LogP contribution < -0.4 is 30.2 Å². The zero-order chi connectivity index (χ0) is 24.6. The number of rotatable bonds is 9. The Labute approximate surface area is 193 Å². The van der Waals surface area contributed by atoms with Crippen LogP contribution >= 0.6 is 0 Å². The van der Waals surface area contributed by atoms with Crippen LogP contribution in [0.25, 0.3) is 0 Å². The van der Waals surface area contributed by atoms with E-state index in [2.05, 4.69) is 30.7 Å². The summed E-state index contributed by atoms with van der Waals surface area (Å²) in [6.45, 7) is 0.284. The van der Waals surface area contributed by atoms with Crippen molar-refractivity contribution in [3.63, 3.8) is 0 Å². The number of hydrogen-bond donors (Lipinski definition) is 4. The van der Waals surface area contributed by atoms with E-state index in [0.29, 0.717) is 44.1 Å². The van der Waals surface area contributed by atoms with Gasteiger partial charge in [0.1, 0.15) is 17.6 Å². The molecule has 3 rings (SSSR count). The van der Waals surface area contributed by atoms with Crippen LogP contribution in [-0.2, 0) is 0 Å². The minimum absolute atomic E-state index is 0.0431. The molecule has 1 aliphatic rings. The van der Waals surface area contributed by atoms with Crippen LogP contribution in [0.2, 0.25) is 0 Å². The number of carbonyl (C=O) groups excluding carboxylic acids is 1. The third-order valence-corrected chi connectivity index (χ3v) is 4.97. The molecule has 10 nitrogen and oxygen atoms in total. The Morgan fingerprint density at radius 3 is 2.65 bits per heavy atom. The summed E-state index contributed by atoms with van der Waals surface area (Å²) in [7, 11) is 1.34. The second-order valence-electron chi connectivity index (χ2n) is 7.47. The van der Waals surface area contributed by atoms with Crippen molar-refractivity contribution in [3.8, 4) is 17.4 Å². The zero-order valence-electron chi connectivity index (χ0n) is 18.4. The summed E-state index contributed by atoms with van der Waals surface area (Å²) in [5.41, 5.74) is 0.0492. The molecule has 1 saturated carbocycles. The summed E-state index contributed by atoms with van der Waals surface area (Å²) in [6, 6.07) is 4.36. The minimum atomic E-state index is -4.85. The molecule has 2 aromatic rings. The number of nitrogens with zero attached hydrogens (tertiary/aromatic N) is 2. The number of hydrogen-bond acceptors (Lipinski definition) is 8. The number of aromatic nitrogens is 2. The Bertz CT molecular complexity index is 955. The van der Waals surface area contributed by atoms with E-state index in [1.165, 1.54) is 13.2 Å². The molecule has 2 amide bonds. The van der Waals surface area contributed by atoms with Gasteiger partial charge in [-0.25, -0.2) is 9.78 Å². The number of nitrogens with one attached hydrogen (secondary N) is 3. The third-order valence-electron chi connectivity index (χ3n) is 4.97. The van der Waals surface area contributed by atoms with Crippen molar-refractivity contribution in [1.29, 1.82) is 0 Å². The van der Waals surface area contributed by atoms with Crippen molar-refractivity contribution >= 4 is 17.7 Å². The lowest BCUT2D eigenvalue weighted by molar-refractivity contribution is -0.274. The first-order valence-corrected chi connectivity index (χ1v) is 10.6. The molecule has 1 aromatic heterocycles. The van der Waals surface area contributed by atoms with E-state index >= 15 is 0 Å². The quantitative estimate of drug-likeness (QED) is 0.426. The second-order valence-corrected chi connectivity index (χ2v) is 7.47. The molecular weight excluding hydrogens is 459 g/mol. The van der Waals surface area contributed by atoms with Crippen LogP contribution in [0, 0.1) is 0 Å². The highest BCUT2D eigenvalue weighted by atomic mass is 19.4. The van der Waals surface area contributed by atoms with Crippen molar-refractivity contribution in [2.24, 2.45) is 0 Å². The summed E-state index contributed by atoms with van der Waals surface area (Å²) in [4.78, 5) is 20.7. The zero-order valence-corrected chi connectivity index (χ0v) is 18.4. The lowest BCUT2D eigenvalue weighted by Crippen LogP contribution is -2.41. The molecule has 1 aliphatic carbocycles. The van der Waals surface area contributed by atoms with Crippen molar-refractivity contribution < 1.29 is 37.3 Å². The van der Waals surface area contributed by atoms with E-state index in [4.69, 9.17) is 14.6 Å². The smallest absolute Gasteiger partial charge is 0.495 e. The van der Waals surface area contributed by atoms with Crippen LogP contribution in [0.5, 0.6) is 17.4 Å². The molecule has 0 atom stereocenters. The molecule has 0 unspecified atom stereocenters. The highest BCUT2D eigenvalue weighted by Gasteiger charge is 2.31. The second kappa shape index (κ2) is 11.6. The minimum Gasteiger partial charge on any atom is -0.495 e. The number of aliphatic hydroxyl groups is 1. The van der Waals surface area contributed by atoms with Gasteiger partial charge in [0, 0.05) is 30.9 Å². The predicted molar refractivity (Wildman–Crippen MR) is 116 cm³/mol. The van der Waals surface area contributed by atoms with Gasteiger partial charge in [-0.2, -0.15) is 4.98 Å². The Hall–Kier alpha value is -3.48. The molecule has 0 saturated heterocycles. The molecule has 1 heterocycles. The maximum Gasteiger partial charge on any atom is 0.573 e. The SMILES string of the molecule is COc1ccc(OC(F)(F)F)cc1NC(=O)NC1CCC(Oc2ccnc(NCCO)n2)CC1. The van der Waals surface area contributed by atoms with Crippen LogP contribution in [0.1, 0.15) is 25.7 Å². The number of benzene rings is 1. The van der Waals surface area contributed by atoms with Crippen molar-refractivity contribution in [2.45, 2.75) is 44.2 Å². The molecule has 1 aromatic carbocycles.